The van der Waals surface area contributed by atoms with Gasteiger partial charge in [-0.1, -0.05) is 50.7 Å². The first kappa shape index (κ1) is 16.0. The summed E-state index contributed by atoms with van der Waals surface area (Å²) in [7, 11) is 1.79. The molecule has 3 nitrogen and oxygen atoms in total. The largest absolute Gasteiger partial charge is 0.487 e. The van der Waals surface area contributed by atoms with Gasteiger partial charge in [0, 0.05) is 28.5 Å². The lowest BCUT2D eigenvalue weighted by Gasteiger charge is -2.12. The molecule has 0 amide bonds. The molecule has 0 spiro atoms. The highest BCUT2D eigenvalue weighted by molar-refractivity contribution is 9.08. The van der Waals surface area contributed by atoms with Crippen LogP contribution in [0.3, 0.4) is 0 Å². The maximum Gasteiger partial charge on any atom is 0.142 e. The summed E-state index contributed by atoms with van der Waals surface area (Å²) < 4.78 is 7.43. The Kier molecular flexibility index (Phi) is 5.24. The van der Waals surface area contributed by atoms with Gasteiger partial charge in [0.25, 0.3) is 0 Å². The quantitative estimate of drug-likeness (QED) is 0.665. The summed E-state index contributed by atoms with van der Waals surface area (Å²) in [4.78, 5) is 0. The molecule has 1 aromatic carbocycles. The monoisotopic (exact) mass is 396 g/mol. The standard InChI is InChI=1S/C13H12BrCl3N2O/c1-7-10(13(17)19(2)18-7)6-20-12-8(5-14)3-9(15)4-11(12)16/h3-4H,5-6H2,1-2H3. The lowest BCUT2D eigenvalue weighted by atomic mass is 10.2. The van der Waals surface area contributed by atoms with E-state index in [9.17, 15) is 0 Å². The molecular formula is C13H12BrCl3N2O. The molecule has 1 heterocycles. The van der Waals surface area contributed by atoms with Crippen molar-refractivity contribution >= 4 is 50.7 Å². The lowest BCUT2D eigenvalue weighted by molar-refractivity contribution is 0.303. The summed E-state index contributed by atoms with van der Waals surface area (Å²) in [6.07, 6.45) is 0. The maximum atomic E-state index is 6.18. The van der Waals surface area contributed by atoms with Crippen molar-refractivity contribution in [3.63, 3.8) is 0 Å². The number of ether oxygens (including phenoxy) is 1. The Labute approximate surface area is 140 Å². The van der Waals surface area contributed by atoms with E-state index in [-0.39, 0.29) is 0 Å². The van der Waals surface area contributed by atoms with E-state index >= 15 is 0 Å². The summed E-state index contributed by atoms with van der Waals surface area (Å²) in [5, 5.41) is 6.46. The van der Waals surface area contributed by atoms with Crippen LogP contribution in [0, 0.1) is 6.92 Å². The summed E-state index contributed by atoms with van der Waals surface area (Å²) in [6.45, 7) is 2.19. The second-order valence-corrected chi connectivity index (χ2v) is 6.04. The van der Waals surface area contributed by atoms with E-state index in [0.29, 0.717) is 32.9 Å². The summed E-state index contributed by atoms with van der Waals surface area (Å²) >= 11 is 21.7. The summed E-state index contributed by atoms with van der Waals surface area (Å²) in [6, 6.07) is 3.47. The van der Waals surface area contributed by atoms with Gasteiger partial charge in [-0.25, -0.2) is 0 Å². The zero-order valence-corrected chi connectivity index (χ0v) is 14.7. The van der Waals surface area contributed by atoms with Crippen molar-refractivity contribution in [1.29, 1.82) is 0 Å². The van der Waals surface area contributed by atoms with Gasteiger partial charge in [0.1, 0.15) is 17.5 Å². The molecule has 0 N–H and O–H groups in total. The molecule has 0 atom stereocenters. The van der Waals surface area contributed by atoms with Crippen LogP contribution < -0.4 is 4.74 Å². The van der Waals surface area contributed by atoms with Crippen LogP contribution >= 0.6 is 50.7 Å². The Morgan fingerprint density at radius 3 is 2.55 bits per heavy atom. The fourth-order valence-electron chi connectivity index (χ4n) is 1.86. The number of nitrogens with zero attached hydrogens (tertiary/aromatic N) is 2. The van der Waals surface area contributed by atoms with E-state index in [1.807, 2.05) is 13.0 Å². The van der Waals surface area contributed by atoms with Crippen molar-refractivity contribution in [3.8, 4) is 5.75 Å². The normalized spacial score (nSPS) is 10.9. The molecule has 0 bridgehead atoms. The molecule has 0 unspecified atom stereocenters. The molecule has 7 heteroatoms. The molecule has 20 heavy (non-hydrogen) atoms. The molecule has 0 aliphatic carbocycles. The van der Waals surface area contributed by atoms with Gasteiger partial charge in [0.15, 0.2) is 0 Å². The number of hydrogen-bond donors (Lipinski definition) is 0. The van der Waals surface area contributed by atoms with Crippen molar-refractivity contribution < 1.29 is 4.74 Å². The van der Waals surface area contributed by atoms with Crippen LogP contribution in [0.2, 0.25) is 15.2 Å². The van der Waals surface area contributed by atoms with Gasteiger partial charge in [-0.05, 0) is 19.1 Å². The van der Waals surface area contributed by atoms with Crippen molar-refractivity contribution in [2.45, 2.75) is 18.9 Å². The molecule has 108 valence electrons. The minimum absolute atomic E-state index is 0.305. The highest BCUT2D eigenvalue weighted by Gasteiger charge is 2.15. The van der Waals surface area contributed by atoms with Crippen LogP contribution in [0.15, 0.2) is 12.1 Å². The molecular weight excluding hydrogens is 386 g/mol. The molecule has 0 fully saturated rings. The Hall–Kier alpha value is -0.420. The van der Waals surface area contributed by atoms with Crippen LogP contribution in [0.5, 0.6) is 5.75 Å². The predicted molar refractivity (Wildman–Crippen MR) is 86.4 cm³/mol. The van der Waals surface area contributed by atoms with E-state index in [2.05, 4.69) is 21.0 Å². The van der Waals surface area contributed by atoms with Crippen LogP contribution in [0.4, 0.5) is 0 Å². The average Bonchev–Trinajstić information content (AvgIpc) is 2.62. The third kappa shape index (κ3) is 3.25. The first-order valence-electron chi connectivity index (χ1n) is 5.78. The summed E-state index contributed by atoms with van der Waals surface area (Å²) in [5.41, 5.74) is 2.57. The fourth-order valence-corrected chi connectivity index (χ4v) is 3.09. The highest BCUT2D eigenvalue weighted by atomic mass is 79.9. The van der Waals surface area contributed by atoms with Crippen molar-refractivity contribution in [2.75, 3.05) is 0 Å². The minimum Gasteiger partial charge on any atom is -0.487 e. The Balaban J connectivity index is 2.27. The van der Waals surface area contributed by atoms with Gasteiger partial charge in [0.05, 0.1) is 10.7 Å². The first-order valence-corrected chi connectivity index (χ1v) is 8.04. The van der Waals surface area contributed by atoms with Crippen LogP contribution in [0.1, 0.15) is 16.8 Å². The zero-order chi connectivity index (χ0) is 14.9. The molecule has 0 radical (unpaired) electrons. The van der Waals surface area contributed by atoms with Crippen molar-refractivity contribution in [1.82, 2.24) is 9.78 Å². The van der Waals surface area contributed by atoms with Crippen molar-refractivity contribution in [2.24, 2.45) is 7.05 Å². The lowest BCUT2D eigenvalue weighted by Crippen LogP contribution is -2.00. The highest BCUT2D eigenvalue weighted by Crippen LogP contribution is 2.34. The Bertz CT molecular complexity index is 643. The maximum absolute atomic E-state index is 6.18. The number of halogens is 4. The Morgan fingerprint density at radius 1 is 1.30 bits per heavy atom. The van der Waals surface area contributed by atoms with E-state index < -0.39 is 0 Å². The van der Waals surface area contributed by atoms with E-state index in [1.54, 1.807) is 17.8 Å². The Morgan fingerprint density at radius 2 is 2.00 bits per heavy atom. The van der Waals surface area contributed by atoms with Gasteiger partial charge in [-0.3, -0.25) is 4.68 Å². The number of hydrogen-bond acceptors (Lipinski definition) is 2. The third-order valence-electron chi connectivity index (χ3n) is 2.86. The van der Waals surface area contributed by atoms with Gasteiger partial charge in [-0.2, -0.15) is 5.10 Å². The molecule has 0 saturated carbocycles. The number of aromatic nitrogens is 2. The topological polar surface area (TPSA) is 27.1 Å². The molecule has 0 aliphatic rings. The predicted octanol–water partition coefficient (Wildman–Crippen LogP) is 5.16. The van der Waals surface area contributed by atoms with Gasteiger partial charge < -0.3 is 4.74 Å². The number of rotatable bonds is 4. The second kappa shape index (κ2) is 6.56. The third-order valence-corrected chi connectivity index (χ3v) is 4.44. The molecule has 2 aromatic rings. The SMILES string of the molecule is Cc1nn(C)c(Cl)c1COc1c(Cl)cc(Cl)cc1CBr. The van der Waals surface area contributed by atoms with Gasteiger partial charge in [0.2, 0.25) is 0 Å². The van der Waals surface area contributed by atoms with E-state index in [0.717, 1.165) is 16.8 Å². The first-order chi connectivity index (χ1) is 9.43. The van der Waals surface area contributed by atoms with Crippen LogP contribution in [-0.2, 0) is 19.0 Å². The average molecular weight is 399 g/mol. The van der Waals surface area contributed by atoms with Gasteiger partial charge in [-0.15, -0.1) is 0 Å². The molecule has 1 aromatic heterocycles. The van der Waals surface area contributed by atoms with E-state index in [4.69, 9.17) is 39.5 Å². The number of alkyl halides is 1. The second-order valence-electron chi connectivity index (χ2n) is 4.28. The number of benzene rings is 1. The minimum atomic E-state index is 0.305. The molecule has 0 saturated heterocycles. The molecule has 0 aliphatic heterocycles. The summed E-state index contributed by atoms with van der Waals surface area (Å²) in [5.74, 6) is 0.604. The molecule has 2 rings (SSSR count). The van der Waals surface area contributed by atoms with Crippen LogP contribution in [0.25, 0.3) is 0 Å². The number of aryl methyl sites for hydroxylation is 2. The fraction of sp³-hybridized carbons (Fsp3) is 0.308. The van der Waals surface area contributed by atoms with E-state index in [1.165, 1.54) is 0 Å². The van der Waals surface area contributed by atoms with Crippen LogP contribution in [-0.4, -0.2) is 9.78 Å². The smallest absolute Gasteiger partial charge is 0.142 e. The zero-order valence-electron chi connectivity index (χ0n) is 10.9. The van der Waals surface area contributed by atoms with Crippen molar-refractivity contribution in [3.05, 3.63) is 44.2 Å². The van der Waals surface area contributed by atoms with Gasteiger partial charge >= 0.3 is 0 Å².